The van der Waals surface area contributed by atoms with Gasteiger partial charge in [-0.1, -0.05) is 0 Å². The van der Waals surface area contributed by atoms with Gasteiger partial charge >= 0.3 is 11.9 Å². The van der Waals surface area contributed by atoms with E-state index in [1.165, 1.54) is 26.2 Å². The fraction of sp³-hybridized carbons (Fsp3) is 0.350. The highest BCUT2D eigenvalue weighted by molar-refractivity contribution is 6.05. The number of Topliss-reactive ketones (excluding diaryl/α,β-unsaturated/α-hetero) is 1. The van der Waals surface area contributed by atoms with Gasteiger partial charge in [-0.15, -0.1) is 0 Å². The van der Waals surface area contributed by atoms with Crippen LogP contribution in [0.25, 0.3) is 0 Å². The molecule has 0 aliphatic rings. The van der Waals surface area contributed by atoms with Crippen molar-refractivity contribution in [2.24, 2.45) is 0 Å². The molecule has 1 atom stereocenters. The first-order valence-corrected chi connectivity index (χ1v) is 8.98. The molecule has 0 bridgehead atoms. The fourth-order valence-electron chi connectivity index (χ4n) is 3.08. The third kappa shape index (κ3) is 4.32. The molecule has 2 aromatic rings. The molecule has 0 aliphatic carbocycles. The summed E-state index contributed by atoms with van der Waals surface area (Å²) in [6.07, 6.45) is -1.20. The molecule has 160 valence electrons. The first-order chi connectivity index (χ1) is 14.0. The SMILES string of the molecule is COC(=O)c1c(C)[nH]c(C(=O)[C@@H](C)OC(=O)c2cc([N+](=O)[O-])ccc2N(C)C)c1C. The lowest BCUT2D eigenvalue weighted by Crippen LogP contribution is -2.26. The molecular formula is C20H23N3O7. The number of nitrogens with one attached hydrogen (secondary N) is 1. The van der Waals surface area contributed by atoms with Gasteiger partial charge in [0.1, 0.15) is 0 Å². The Labute approximate surface area is 172 Å². The van der Waals surface area contributed by atoms with Crippen molar-refractivity contribution in [3.05, 3.63) is 56.4 Å². The molecular weight excluding hydrogens is 394 g/mol. The average molecular weight is 417 g/mol. The maximum Gasteiger partial charge on any atom is 0.341 e. The van der Waals surface area contributed by atoms with Crippen LogP contribution < -0.4 is 4.90 Å². The maximum absolute atomic E-state index is 12.8. The van der Waals surface area contributed by atoms with Crippen molar-refractivity contribution in [3.63, 3.8) is 0 Å². The summed E-state index contributed by atoms with van der Waals surface area (Å²) < 4.78 is 10.0. The highest BCUT2D eigenvalue weighted by Crippen LogP contribution is 2.26. The molecule has 0 aliphatic heterocycles. The maximum atomic E-state index is 12.8. The van der Waals surface area contributed by atoms with Crippen molar-refractivity contribution in [1.82, 2.24) is 4.98 Å². The number of ketones is 1. The minimum absolute atomic E-state index is 0.0384. The van der Waals surface area contributed by atoms with Crippen molar-refractivity contribution in [2.45, 2.75) is 26.9 Å². The van der Waals surface area contributed by atoms with E-state index in [2.05, 4.69) is 4.98 Å². The zero-order valence-electron chi connectivity index (χ0n) is 17.6. The summed E-state index contributed by atoms with van der Waals surface area (Å²) in [5, 5.41) is 11.1. The van der Waals surface area contributed by atoms with Crippen LogP contribution in [0.1, 0.15) is 49.4 Å². The van der Waals surface area contributed by atoms with Crippen LogP contribution in [-0.2, 0) is 9.47 Å². The van der Waals surface area contributed by atoms with Gasteiger partial charge in [-0.3, -0.25) is 14.9 Å². The number of benzene rings is 1. The molecule has 1 aromatic heterocycles. The Bertz CT molecular complexity index is 1020. The molecule has 2 rings (SSSR count). The van der Waals surface area contributed by atoms with Gasteiger partial charge in [0, 0.05) is 31.9 Å². The van der Waals surface area contributed by atoms with Gasteiger partial charge in [0.15, 0.2) is 6.10 Å². The van der Waals surface area contributed by atoms with Crippen LogP contribution >= 0.6 is 0 Å². The summed E-state index contributed by atoms with van der Waals surface area (Å²) in [4.78, 5) is 52.3. The number of aromatic amines is 1. The van der Waals surface area contributed by atoms with Crippen molar-refractivity contribution < 1.29 is 28.8 Å². The Balaban J connectivity index is 2.32. The molecule has 1 aromatic carbocycles. The molecule has 10 heteroatoms. The fourth-order valence-corrected chi connectivity index (χ4v) is 3.08. The molecule has 1 heterocycles. The van der Waals surface area contributed by atoms with Crippen LogP contribution in [0, 0.1) is 24.0 Å². The van der Waals surface area contributed by atoms with Crippen LogP contribution in [-0.4, -0.2) is 54.9 Å². The number of ether oxygens (including phenoxy) is 2. The van der Waals surface area contributed by atoms with E-state index in [-0.39, 0.29) is 22.5 Å². The number of rotatable bonds is 7. The number of aryl methyl sites for hydroxylation is 1. The number of non-ortho nitro benzene ring substituents is 1. The number of H-pyrrole nitrogens is 1. The monoisotopic (exact) mass is 417 g/mol. The molecule has 0 radical (unpaired) electrons. The number of aromatic nitrogens is 1. The van der Waals surface area contributed by atoms with Crippen LogP contribution in [0.5, 0.6) is 0 Å². The summed E-state index contributed by atoms with van der Waals surface area (Å²) in [5.74, 6) is -2.01. The Morgan fingerprint density at radius 2 is 1.80 bits per heavy atom. The lowest BCUT2D eigenvalue weighted by molar-refractivity contribution is -0.384. The third-order valence-electron chi connectivity index (χ3n) is 4.62. The van der Waals surface area contributed by atoms with Crippen molar-refractivity contribution in [3.8, 4) is 0 Å². The largest absolute Gasteiger partial charge is 0.465 e. The van der Waals surface area contributed by atoms with Crippen molar-refractivity contribution in [2.75, 3.05) is 26.1 Å². The second-order valence-corrected chi connectivity index (χ2v) is 6.88. The normalized spacial score (nSPS) is 11.5. The number of nitrogens with zero attached hydrogens (tertiary/aromatic N) is 2. The Kier molecular flexibility index (Phi) is 6.60. The summed E-state index contributed by atoms with van der Waals surface area (Å²) in [6.45, 7) is 4.60. The van der Waals surface area contributed by atoms with E-state index < -0.39 is 28.7 Å². The number of hydrogen-bond donors (Lipinski definition) is 1. The Morgan fingerprint density at radius 1 is 1.17 bits per heavy atom. The number of esters is 2. The standard InChI is InChI=1S/C20H23N3O7/c1-10-16(20(26)29-6)11(2)21-17(10)18(24)12(3)30-19(25)14-9-13(23(27)28)7-8-15(14)22(4)5/h7-9,12,21H,1-6H3/t12-/m1/s1. The molecule has 1 N–H and O–H groups in total. The molecule has 30 heavy (non-hydrogen) atoms. The number of methoxy groups -OCH3 is 1. The first kappa shape index (κ1) is 22.6. The van der Waals surface area contributed by atoms with Crippen molar-refractivity contribution in [1.29, 1.82) is 0 Å². The van der Waals surface area contributed by atoms with Gasteiger partial charge in [0.25, 0.3) is 5.69 Å². The second kappa shape index (κ2) is 8.76. The van der Waals surface area contributed by atoms with E-state index in [4.69, 9.17) is 9.47 Å². The van der Waals surface area contributed by atoms with Gasteiger partial charge in [0.05, 0.1) is 34.5 Å². The number of anilines is 1. The van der Waals surface area contributed by atoms with E-state index in [9.17, 15) is 24.5 Å². The minimum atomic E-state index is -1.20. The van der Waals surface area contributed by atoms with Gasteiger partial charge < -0.3 is 19.4 Å². The predicted octanol–water partition coefficient (Wildman–Crippen LogP) is 2.82. The topological polar surface area (TPSA) is 132 Å². The van der Waals surface area contributed by atoms with E-state index in [1.807, 2.05) is 0 Å². The van der Waals surface area contributed by atoms with E-state index >= 15 is 0 Å². The molecule has 10 nitrogen and oxygen atoms in total. The number of carbonyl (C=O) groups is 3. The zero-order chi connectivity index (χ0) is 22.7. The van der Waals surface area contributed by atoms with Gasteiger partial charge in [-0.05, 0) is 32.4 Å². The van der Waals surface area contributed by atoms with Gasteiger partial charge in [-0.2, -0.15) is 0 Å². The van der Waals surface area contributed by atoms with Crippen LogP contribution in [0.15, 0.2) is 18.2 Å². The predicted molar refractivity (Wildman–Crippen MR) is 108 cm³/mol. The summed E-state index contributed by atoms with van der Waals surface area (Å²) in [5.41, 5.74) is 1.30. The van der Waals surface area contributed by atoms with Crippen LogP contribution in [0.4, 0.5) is 11.4 Å². The van der Waals surface area contributed by atoms with E-state index in [1.54, 1.807) is 32.8 Å². The molecule has 0 unspecified atom stereocenters. The lowest BCUT2D eigenvalue weighted by Gasteiger charge is -2.18. The number of nitro benzene ring substituents is 1. The third-order valence-corrected chi connectivity index (χ3v) is 4.62. The highest BCUT2D eigenvalue weighted by atomic mass is 16.6. The van der Waals surface area contributed by atoms with E-state index in [0.717, 1.165) is 6.07 Å². The van der Waals surface area contributed by atoms with Gasteiger partial charge in [-0.25, -0.2) is 9.59 Å². The first-order valence-electron chi connectivity index (χ1n) is 8.98. The number of nitro groups is 1. The molecule has 0 saturated heterocycles. The smallest absolute Gasteiger partial charge is 0.341 e. The lowest BCUT2D eigenvalue weighted by atomic mass is 10.1. The Morgan fingerprint density at radius 3 is 2.33 bits per heavy atom. The molecule has 0 saturated carbocycles. The number of hydrogen-bond acceptors (Lipinski definition) is 8. The minimum Gasteiger partial charge on any atom is -0.465 e. The molecule has 0 spiro atoms. The van der Waals surface area contributed by atoms with Gasteiger partial charge in [0.2, 0.25) is 5.78 Å². The number of carbonyl (C=O) groups excluding carboxylic acids is 3. The molecule has 0 amide bonds. The second-order valence-electron chi connectivity index (χ2n) is 6.88. The average Bonchev–Trinajstić information content (AvgIpc) is 2.99. The zero-order valence-corrected chi connectivity index (χ0v) is 17.6. The van der Waals surface area contributed by atoms with Crippen molar-refractivity contribution >= 4 is 29.1 Å². The Hall–Kier alpha value is -3.69. The summed E-state index contributed by atoms with van der Waals surface area (Å²) in [6, 6.07) is 3.82. The van der Waals surface area contributed by atoms with Crippen LogP contribution in [0.3, 0.4) is 0 Å². The highest BCUT2D eigenvalue weighted by Gasteiger charge is 2.29. The summed E-state index contributed by atoms with van der Waals surface area (Å²) >= 11 is 0. The van der Waals surface area contributed by atoms with Crippen LogP contribution in [0.2, 0.25) is 0 Å². The quantitative estimate of drug-likeness (QED) is 0.315. The van der Waals surface area contributed by atoms with E-state index in [0.29, 0.717) is 16.9 Å². The summed E-state index contributed by atoms with van der Waals surface area (Å²) in [7, 11) is 4.58. The molecule has 0 fully saturated rings.